The highest BCUT2D eigenvalue weighted by atomic mass is 32.2. The Hall–Kier alpha value is -1.79. The quantitative estimate of drug-likeness (QED) is 0.576. The molecule has 0 unspecified atom stereocenters. The third-order valence-corrected chi connectivity index (χ3v) is 5.13. The molecule has 3 N–H and O–H groups in total. The minimum Gasteiger partial charge on any atom is -0.398 e. The van der Waals surface area contributed by atoms with Crippen molar-refractivity contribution >= 4 is 39.0 Å². The van der Waals surface area contributed by atoms with Gasteiger partial charge >= 0.3 is 0 Å². The highest BCUT2D eigenvalue weighted by Gasteiger charge is 2.07. The van der Waals surface area contributed by atoms with Crippen LogP contribution in [0.1, 0.15) is 11.4 Å². The third-order valence-electron chi connectivity index (χ3n) is 3.05. The topological polar surface area (TPSA) is 71.8 Å². The number of hydrogen-bond acceptors (Lipinski definition) is 5. The van der Waals surface area contributed by atoms with E-state index in [2.05, 4.69) is 9.97 Å². The Labute approximate surface area is 124 Å². The minimum atomic E-state index is -0.0649. The highest BCUT2D eigenvalue weighted by Crippen LogP contribution is 2.28. The van der Waals surface area contributed by atoms with Crippen LogP contribution in [0.15, 0.2) is 39.3 Å². The Bertz CT molecular complexity index is 823. The highest BCUT2D eigenvalue weighted by molar-refractivity contribution is 7.98. The van der Waals surface area contributed by atoms with Gasteiger partial charge in [-0.3, -0.25) is 4.79 Å². The molecular formula is C14H13N3OS2. The normalized spacial score (nSPS) is 11.1. The number of aromatic amines is 1. The van der Waals surface area contributed by atoms with E-state index in [1.807, 2.05) is 36.6 Å². The molecule has 102 valence electrons. The number of nitrogens with zero attached hydrogens (tertiary/aromatic N) is 1. The smallest absolute Gasteiger partial charge is 0.268 e. The van der Waals surface area contributed by atoms with E-state index < -0.39 is 0 Å². The van der Waals surface area contributed by atoms with Crippen molar-refractivity contribution in [3.63, 3.8) is 0 Å². The maximum atomic E-state index is 11.9. The molecule has 3 rings (SSSR count). The SMILES string of the molecule is Cc1c(N)cccc1SCc1nc2ccsc2c(=O)[nH]1. The summed E-state index contributed by atoms with van der Waals surface area (Å²) in [6.45, 7) is 2.00. The van der Waals surface area contributed by atoms with Crippen LogP contribution in [-0.2, 0) is 5.75 Å². The van der Waals surface area contributed by atoms with Crippen LogP contribution in [0, 0.1) is 6.92 Å². The molecule has 3 aromatic rings. The van der Waals surface area contributed by atoms with E-state index in [0.29, 0.717) is 16.3 Å². The zero-order chi connectivity index (χ0) is 14.1. The van der Waals surface area contributed by atoms with Gasteiger partial charge in [-0.2, -0.15) is 0 Å². The average Bonchev–Trinajstić information content (AvgIpc) is 2.89. The number of benzene rings is 1. The Morgan fingerprint density at radius 1 is 1.40 bits per heavy atom. The fourth-order valence-corrected chi connectivity index (χ4v) is 3.59. The van der Waals surface area contributed by atoms with Gasteiger partial charge in [0.2, 0.25) is 0 Å². The van der Waals surface area contributed by atoms with Crippen LogP contribution in [0.2, 0.25) is 0 Å². The summed E-state index contributed by atoms with van der Waals surface area (Å²) in [6, 6.07) is 7.71. The number of fused-ring (bicyclic) bond motifs is 1. The Kier molecular flexibility index (Phi) is 3.50. The van der Waals surface area contributed by atoms with Gasteiger partial charge in [0, 0.05) is 10.6 Å². The molecule has 0 aliphatic heterocycles. The summed E-state index contributed by atoms with van der Waals surface area (Å²) in [4.78, 5) is 20.3. The first kappa shape index (κ1) is 13.2. The van der Waals surface area contributed by atoms with Crippen LogP contribution in [0.5, 0.6) is 0 Å². The van der Waals surface area contributed by atoms with E-state index >= 15 is 0 Å². The second-order valence-electron chi connectivity index (χ2n) is 4.41. The van der Waals surface area contributed by atoms with E-state index in [4.69, 9.17) is 5.73 Å². The summed E-state index contributed by atoms with van der Waals surface area (Å²) in [5.41, 5.74) is 8.43. The summed E-state index contributed by atoms with van der Waals surface area (Å²) in [5, 5.41) is 1.88. The second-order valence-corrected chi connectivity index (χ2v) is 6.34. The molecule has 0 atom stereocenters. The van der Waals surface area contributed by atoms with Gasteiger partial charge in [0.1, 0.15) is 10.5 Å². The van der Waals surface area contributed by atoms with Gasteiger partial charge in [-0.15, -0.1) is 23.1 Å². The summed E-state index contributed by atoms with van der Waals surface area (Å²) in [5.74, 6) is 1.30. The second kappa shape index (κ2) is 5.30. The zero-order valence-electron chi connectivity index (χ0n) is 10.8. The van der Waals surface area contributed by atoms with E-state index in [9.17, 15) is 4.79 Å². The van der Waals surface area contributed by atoms with Crippen molar-refractivity contribution in [2.75, 3.05) is 5.73 Å². The average molecular weight is 303 g/mol. The van der Waals surface area contributed by atoms with Gasteiger partial charge < -0.3 is 10.7 Å². The van der Waals surface area contributed by atoms with Gasteiger partial charge in [0.15, 0.2) is 0 Å². The molecule has 0 spiro atoms. The minimum absolute atomic E-state index is 0.0649. The van der Waals surface area contributed by atoms with E-state index in [-0.39, 0.29) is 5.56 Å². The summed E-state index contributed by atoms with van der Waals surface area (Å²) < 4.78 is 0.680. The van der Waals surface area contributed by atoms with Crippen molar-refractivity contribution in [1.29, 1.82) is 0 Å². The van der Waals surface area contributed by atoms with Crippen molar-refractivity contribution in [1.82, 2.24) is 9.97 Å². The van der Waals surface area contributed by atoms with Crippen LogP contribution in [0.3, 0.4) is 0 Å². The molecule has 6 heteroatoms. The van der Waals surface area contributed by atoms with Gasteiger partial charge in [-0.05, 0) is 36.1 Å². The molecule has 20 heavy (non-hydrogen) atoms. The fraction of sp³-hybridized carbons (Fsp3) is 0.143. The van der Waals surface area contributed by atoms with Gasteiger partial charge in [0.25, 0.3) is 5.56 Å². The number of rotatable bonds is 3. The number of nitrogens with two attached hydrogens (primary N) is 1. The molecule has 0 saturated heterocycles. The Balaban J connectivity index is 1.86. The molecule has 0 radical (unpaired) electrons. The maximum Gasteiger partial charge on any atom is 0.268 e. The van der Waals surface area contributed by atoms with Crippen LogP contribution in [0.25, 0.3) is 10.2 Å². The lowest BCUT2D eigenvalue weighted by atomic mass is 10.2. The van der Waals surface area contributed by atoms with E-state index in [1.54, 1.807) is 11.8 Å². The van der Waals surface area contributed by atoms with E-state index in [1.165, 1.54) is 11.3 Å². The number of nitrogen functional groups attached to an aromatic ring is 1. The number of thioether (sulfide) groups is 1. The number of anilines is 1. The lowest BCUT2D eigenvalue weighted by Crippen LogP contribution is -2.09. The van der Waals surface area contributed by atoms with Crippen molar-refractivity contribution in [2.45, 2.75) is 17.6 Å². The van der Waals surface area contributed by atoms with Gasteiger partial charge in [-0.1, -0.05) is 6.07 Å². The molecule has 1 aromatic carbocycles. The summed E-state index contributed by atoms with van der Waals surface area (Å²) in [7, 11) is 0. The summed E-state index contributed by atoms with van der Waals surface area (Å²) >= 11 is 3.04. The van der Waals surface area contributed by atoms with E-state index in [0.717, 1.165) is 21.7 Å². The standard InChI is InChI=1S/C14H13N3OS2/c1-8-9(15)3-2-4-11(8)20-7-12-16-10-5-6-19-13(10)14(18)17-12/h2-6H,7,15H2,1H3,(H,16,17,18). The number of H-pyrrole nitrogens is 1. The molecule has 0 amide bonds. The van der Waals surface area contributed by atoms with Crippen molar-refractivity contribution in [2.24, 2.45) is 0 Å². The number of aromatic nitrogens is 2. The first-order chi connectivity index (χ1) is 9.65. The molecule has 0 aliphatic rings. The lowest BCUT2D eigenvalue weighted by molar-refractivity contribution is 1.04. The largest absolute Gasteiger partial charge is 0.398 e. The van der Waals surface area contributed by atoms with Gasteiger partial charge in [0.05, 0.1) is 11.3 Å². The van der Waals surface area contributed by atoms with Crippen LogP contribution in [-0.4, -0.2) is 9.97 Å². The van der Waals surface area contributed by atoms with Crippen LogP contribution >= 0.6 is 23.1 Å². The van der Waals surface area contributed by atoms with Crippen molar-refractivity contribution < 1.29 is 0 Å². The molecule has 4 nitrogen and oxygen atoms in total. The molecule has 0 fully saturated rings. The Morgan fingerprint density at radius 2 is 2.25 bits per heavy atom. The number of hydrogen-bond donors (Lipinski definition) is 2. The van der Waals surface area contributed by atoms with Crippen molar-refractivity contribution in [3.05, 3.63) is 51.4 Å². The third kappa shape index (κ3) is 2.44. The first-order valence-corrected chi connectivity index (χ1v) is 7.96. The predicted octanol–water partition coefficient (Wildman–Crippen LogP) is 3.17. The van der Waals surface area contributed by atoms with Gasteiger partial charge in [-0.25, -0.2) is 4.98 Å². The van der Waals surface area contributed by atoms with Crippen LogP contribution in [0.4, 0.5) is 5.69 Å². The lowest BCUT2D eigenvalue weighted by Gasteiger charge is -2.07. The predicted molar refractivity (Wildman–Crippen MR) is 85.4 cm³/mol. The number of nitrogens with one attached hydrogen (secondary N) is 1. The first-order valence-electron chi connectivity index (χ1n) is 6.09. The monoisotopic (exact) mass is 303 g/mol. The fourth-order valence-electron chi connectivity index (χ4n) is 1.92. The van der Waals surface area contributed by atoms with Crippen molar-refractivity contribution in [3.8, 4) is 0 Å². The molecule has 0 bridgehead atoms. The maximum absolute atomic E-state index is 11.9. The summed E-state index contributed by atoms with van der Waals surface area (Å²) in [6.07, 6.45) is 0. The zero-order valence-corrected chi connectivity index (χ0v) is 12.5. The Morgan fingerprint density at radius 3 is 3.10 bits per heavy atom. The molecule has 2 aromatic heterocycles. The molecule has 0 aliphatic carbocycles. The molecule has 2 heterocycles. The molecule has 0 saturated carbocycles. The number of thiophene rings is 1. The molecular weight excluding hydrogens is 290 g/mol. The van der Waals surface area contributed by atoms with Crippen LogP contribution < -0.4 is 11.3 Å².